The predicted molar refractivity (Wildman–Crippen MR) is 167 cm³/mol. The zero-order valence-corrected chi connectivity index (χ0v) is 27.4. The lowest BCUT2D eigenvalue weighted by Gasteiger charge is -2.11. The average molecular weight is 637 g/mol. The molecule has 1 aromatic heterocycles. The first kappa shape index (κ1) is 34.0. The van der Waals surface area contributed by atoms with E-state index in [9.17, 15) is 9.59 Å². The van der Waals surface area contributed by atoms with Gasteiger partial charge in [0, 0.05) is 11.4 Å². The fourth-order valence-electron chi connectivity index (χ4n) is 3.30. The summed E-state index contributed by atoms with van der Waals surface area (Å²) in [5.74, 6) is -0.155. The molecule has 0 atom stereocenters. The lowest BCUT2D eigenvalue weighted by atomic mass is 10.2. The highest BCUT2D eigenvalue weighted by molar-refractivity contribution is 6.53. The van der Waals surface area contributed by atoms with Gasteiger partial charge in [-0.05, 0) is 80.4 Å². The van der Waals surface area contributed by atoms with Crippen molar-refractivity contribution in [2.24, 2.45) is 5.73 Å². The highest BCUT2D eigenvalue weighted by Gasteiger charge is 2.13. The average Bonchev–Trinajstić information content (AvgIpc) is 3.01. The van der Waals surface area contributed by atoms with E-state index in [0.29, 0.717) is 57.5 Å². The standard InChI is InChI=1S/C28H36N6O6Si3/c1-3-5-17-37-24(35)20-8-12-22(13-9-20)30-26-32-27(34-28(33-26)42-40-43-39-41-19-7-16-29)31-23-14-10-21(11-15-23)25(36)38-18-6-4-2/h8-15H,3-7,16-19,29H2,1-2H3,(H2,30,31,32,33,34). The number of nitrogens with two attached hydrogens (primary N) is 1. The number of unbranched alkanes of at least 4 members (excludes halogenated alkanes) is 2. The highest BCUT2D eigenvalue weighted by atomic mass is 28.4. The van der Waals surface area contributed by atoms with Gasteiger partial charge in [-0.15, -0.1) is 0 Å². The maximum absolute atomic E-state index is 12.2. The van der Waals surface area contributed by atoms with Crippen molar-refractivity contribution in [2.75, 3.05) is 30.4 Å². The van der Waals surface area contributed by atoms with Crippen LogP contribution in [0.1, 0.15) is 66.7 Å². The topological polar surface area (TPSA) is 160 Å². The Morgan fingerprint density at radius 1 is 0.744 bits per heavy atom. The molecule has 0 saturated heterocycles. The number of hydrogen-bond donors (Lipinski definition) is 3. The SMILES string of the molecule is CCCCOC(=O)c1ccc(Nc2nc(Nc3ccc(C(=O)OCCCC)cc3)nc([Si]O[Si]O[Si]CCCN)n2)cc1. The van der Waals surface area contributed by atoms with E-state index in [0.717, 1.165) is 38.1 Å². The van der Waals surface area contributed by atoms with Gasteiger partial charge >= 0.3 is 31.7 Å². The zero-order chi connectivity index (χ0) is 30.7. The number of rotatable bonds is 20. The Hall–Kier alpha value is -3.48. The predicted octanol–water partition coefficient (Wildman–Crippen LogP) is 3.47. The Morgan fingerprint density at radius 2 is 1.26 bits per heavy atom. The Labute approximate surface area is 259 Å². The molecule has 43 heavy (non-hydrogen) atoms. The summed E-state index contributed by atoms with van der Waals surface area (Å²) in [6.07, 6.45) is 4.46. The molecule has 0 aliphatic carbocycles. The Morgan fingerprint density at radius 3 is 1.72 bits per heavy atom. The molecule has 0 bridgehead atoms. The van der Waals surface area contributed by atoms with Gasteiger partial charge in [-0.3, -0.25) is 0 Å². The van der Waals surface area contributed by atoms with E-state index >= 15 is 0 Å². The van der Waals surface area contributed by atoms with Crippen molar-refractivity contribution >= 4 is 70.2 Å². The molecule has 0 spiro atoms. The van der Waals surface area contributed by atoms with Crippen LogP contribution in [0.5, 0.6) is 0 Å². The van der Waals surface area contributed by atoms with Crippen LogP contribution in [0.3, 0.4) is 0 Å². The van der Waals surface area contributed by atoms with Crippen molar-refractivity contribution in [3.8, 4) is 0 Å². The van der Waals surface area contributed by atoms with Gasteiger partial charge in [0.1, 0.15) is 5.45 Å². The number of carbonyl (C=O) groups excluding carboxylic acids is 2. The lowest BCUT2D eigenvalue weighted by molar-refractivity contribution is 0.0490. The van der Waals surface area contributed by atoms with Crippen molar-refractivity contribution in [3.63, 3.8) is 0 Å². The molecule has 226 valence electrons. The minimum atomic E-state index is -0.362. The maximum atomic E-state index is 12.2. The van der Waals surface area contributed by atoms with Gasteiger partial charge in [-0.2, -0.15) is 4.98 Å². The first-order chi connectivity index (χ1) is 21.0. The number of ether oxygens (including phenoxy) is 2. The zero-order valence-electron chi connectivity index (χ0n) is 24.4. The number of nitrogens with one attached hydrogen (secondary N) is 2. The molecule has 1 heterocycles. The Balaban J connectivity index is 1.69. The molecular formula is C28H36N6O6Si3. The summed E-state index contributed by atoms with van der Waals surface area (Å²) in [5.41, 5.74) is 8.20. The van der Waals surface area contributed by atoms with E-state index in [1.165, 1.54) is 0 Å². The van der Waals surface area contributed by atoms with E-state index in [-0.39, 0.29) is 43.6 Å². The van der Waals surface area contributed by atoms with Crippen molar-refractivity contribution < 1.29 is 27.3 Å². The molecule has 6 radical (unpaired) electrons. The minimum Gasteiger partial charge on any atom is -0.462 e. The summed E-state index contributed by atoms with van der Waals surface area (Å²) >= 11 is 0. The first-order valence-corrected chi connectivity index (χ1v) is 17.0. The molecule has 0 amide bonds. The number of anilines is 4. The third-order valence-corrected chi connectivity index (χ3v) is 8.25. The van der Waals surface area contributed by atoms with E-state index in [1.807, 2.05) is 13.8 Å². The summed E-state index contributed by atoms with van der Waals surface area (Å²) < 4.78 is 21.8. The maximum Gasteiger partial charge on any atom is 0.409 e. The number of esters is 2. The number of aromatic nitrogens is 3. The second-order valence-electron chi connectivity index (χ2n) is 9.12. The second kappa shape index (κ2) is 19.7. The van der Waals surface area contributed by atoms with Crippen LogP contribution in [0, 0.1) is 0 Å². The molecule has 0 saturated carbocycles. The number of nitrogens with zero attached hydrogens (tertiary/aromatic N) is 3. The third kappa shape index (κ3) is 12.7. The number of carbonyl (C=O) groups is 2. The van der Waals surface area contributed by atoms with Gasteiger partial charge in [0.2, 0.25) is 21.7 Å². The molecular weight excluding hydrogens is 601 g/mol. The lowest BCUT2D eigenvalue weighted by Crippen LogP contribution is -2.29. The smallest absolute Gasteiger partial charge is 0.409 e. The summed E-state index contributed by atoms with van der Waals surface area (Å²) in [7, 11) is 0.00159. The van der Waals surface area contributed by atoms with Gasteiger partial charge in [-0.1, -0.05) is 26.7 Å². The normalized spacial score (nSPS) is 10.8. The van der Waals surface area contributed by atoms with E-state index in [2.05, 4.69) is 25.6 Å². The van der Waals surface area contributed by atoms with Gasteiger partial charge in [-0.25, -0.2) is 19.6 Å². The summed E-state index contributed by atoms with van der Waals surface area (Å²) in [6, 6.07) is 14.6. The van der Waals surface area contributed by atoms with Crippen LogP contribution in [0.2, 0.25) is 6.04 Å². The van der Waals surface area contributed by atoms with Crippen molar-refractivity contribution in [1.29, 1.82) is 0 Å². The largest absolute Gasteiger partial charge is 0.462 e. The molecule has 0 aliphatic rings. The van der Waals surface area contributed by atoms with Crippen LogP contribution < -0.4 is 21.8 Å². The molecule has 3 rings (SSSR count). The molecule has 2 aromatic carbocycles. The molecule has 0 unspecified atom stereocenters. The Kier molecular flexibility index (Phi) is 15.6. The van der Waals surface area contributed by atoms with E-state index in [1.54, 1.807) is 48.5 Å². The summed E-state index contributed by atoms with van der Waals surface area (Å²) in [5, 5.41) is 6.31. The minimum absolute atomic E-state index is 0.145. The second-order valence-corrected chi connectivity index (χ2v) is 12.4. The molecule has 0 aliphatic heterocycles. The van der Waals surface area contributed by atoms with Gasteiger partial charge in [0.25, 0.3) is 0 Å². The molecule has 3 aromatic rings. The molecule has 4 N–H and O–H groups in total. The van der Waals surface area contributed by atoms with Crippen molar-refractivity contribution in [3.05, 3.63) is 59.7 Å². The van der Waals surface area contributed by atoms with Crippen LogP contribution in [0.25, 0.3) is 0 Å². The van der Waals surface area contributed by atoms with Gasteiger partial charge < -0.3 is 34.1 Å². The Bertz CT molecular complexity index is 1190. The summed E-state index contributed by atoms with van der Waals surface area (Å²) in [6.45, 7) is 5.50. The quantitative estimate of drug-likeness (QED) is 0.0943. The van der Waals surface area contributed by atoms with E-state index in [4.69, 9.17) is 23.4 Å². The summed E-state index contributed by atoms with van der Waals surface area (Å²) in [4.78, 5) is 37.9. The van der Waals surface area contributed by atoms with E-state index < -0.39 is 0 Å². The fraction of sp³-hybridized carbons (Fsp3) is 0.393. The van der Waals surface area contributed by atoms with Crippen molar-refractivity contribution in [2.45, 2.75) is 52.0 Å². The number of benzene rings is 2. The van der Waals surface area contributed by atoms with Crippen LogP contribution in [0.4, 0.5) is 23.3 Å². The first-order valence-electron chi connectivity index (χ1n) is 14.1. The van der Waals surface area contributed by atoms with Gasteiger partial charge in [0.15, 0.2) is 0 Å². The van der Waals surface area contributed by atoms with Crippen LogP contribution >= 0.6 is 0 Å². The fourth-order valence-corrected chi connectivity index (χ4v) is 5.67. The monoisotopic (exact) mass is 636 g/mol. The molecule has 12 nitrogen and oxygen atoms in total. The van der Waals surface area contributed by atoms with Crippen LogP contribution in [-0.4, -0.2) is 76.2 Å². The van der Waals surface area contributed by atoms with Crippen LogP contribution in [-0.2, 0) is 17.7 Å². The molecule has 0 fully saturated rings. The molecule has 15 heteroatoms. The van der Waals surface area contributed by atoms with Crippen molar-refractivity contribution in [1.82, 2.24) is 15.0 Å². The highest BCUT2D eigenvalue weighted by Crippen LogP contribution is 2.18. The third-order valence-electron chi connectivity index (χ3n) is 5.63. The van der Waals surface area contributed by atoms with Gasteiger partial charge in [0.05, 0.1) is 24.3 Å². The number of hydrogen-bond acceptors (Lipinski definition) is 12. The van der Waals surface area contributed by atoms with Crippen LogP contribution in [0.15, 0.2) is 48.5 Å².